The zero-order chi connectivity index (χ0) is 15.5. The molecule has 1 aromatic carbocycles. The van der Waals surface area contributed by atoms with Gasteiger partial charge in [0.15, 0.2) is 0 Å². The first-order valence-corrected chi connectivity index (χ1v) is 6.97. The van der Waals surface area contributed by atoms with E-state index < -0.39 is 49.8 Å². The standard InChI is InChI=1S/C10H12F2N2O5S/c1-2-6(5-15)13-20(18,19)10-4-9(14(16)17)7(11)3-8(10)12/h3-4,6,13,15H,2,5H2,1H3/t6-/m1/s1. The maximum absolute atomic E-state index is 13.5. The number of nitro benzene ring substituents is 1. The number of benzene rings is 1. The van der Waals surface area contributed by atoms with Gasteiger partial charge in [-0.1, -0.05) is 6.92 Å². The molecule has 0 bridgehead atoms. The number of aliphatic hydroxyl groups excluding tert-OH is 1. The van der Waals surface area contributed by atoms with Crippen molar-refractivity contribution in [2.75, 3.05) is 6.61 Å². The van der Waals surface area contributed by atoms with E-state index in [9.17, 15) is 27.3 Å². The van der Waals surface area contributed by atoms with Crippen molar-refractivity contribution in [3.8, 4) is 0 Å². The Morgan fingerprint density at radius 3 is 2.45 bits per heavy atom. The van der Waals surface area contributed by atoms with Crippen LogP contribution in [-0.2, 0) is 10.0 Å². The van der Waals surface area contributed by atoms with E-state index >= 15 is 0 Å². The Labute approximate surface area is 113 Å². The molecular weight excluding hydrogens is 298 g/mol. The van der Waals surface area contributed by atoms with Crippen LogP contribution < -0.4 is 4.72 Å². The van der Waals surface area contributed by atoms with Gasteiger partial charge in [0.2, 0.25) is 15.8 Å². The predicted molar refractivity (Wildman–Crippen MR) is 64.5 cm³/mol. The van der Waals surface area contributed by atoms with Gasteiger partial charge in [-0.2, -0.15) is 4.39 Å². The monoisotopic (exact) mass is 310 g/mol. The Hall–Kier alpha value is -1.65. The number of aliphatic hydroxyl groups is 1. The zero-order valence-corrected chi connectivity index (χ0v) is 11.2. The average Bonchev–Trinajstić information content (AvgIpc) is 2.35. The maximum Gasteiger partial charge on any atom is 0.306 e. The van der Waals surface area contributed by atoms with Gasteiger partial charge in [-0.25, -0.2) is 17.5 Å². The van der Waals surface area contributed by atoms with Gasteiger partial charge in [-0.3, -0.25) is 10.1 Å². The van der Waals surface area contributed by atoms with Crippen LogP contribution in [0.2, 0.25) is 0 Å². The molecule has 2 N–H and O–H groups in total. The number of halogens is 2. The van der Waals surface area contributed by atoms with Gasteiger partial charge in [-0.15, -0.1) is 0 Å². The van der Waals surface area contributed by atoms with Crippen molar-refractivity contribution in [3.05, 3.63) is 33.9 Å². The van der Waals surface area contributed by atoms with E-state index in [1.807, 2.05) is 4.72 Å². The second-order valence-corrected chi connectivity index (χ2v) is 5.58. The van der Waals surface area contributed by atoms with Crippen LogP contribution in [0.25, 0.3) is 0 Å². The smallest absolute Gasteiger partial charge is 0.306 e. The molecule has 0 aliphatic heterocycles. The highest BCUT2D eigenvalue weighted by Crippen LogP contribution is 2.24. The van der Waals surface area contributed by atoms with Crippen molar-refractivity contribution in [1.82, 2.24) is 4.72 Å². The number of nitrogens with one attached hydrogen (secondary N) is 1. The van der Waals surface area contributed by atoms with Gasteiger partial charge < -0.3 is 5.11 Å². The first-order valence-electron chi connectivity index (χ1n) is 5.49. The molecule has 0 heterocycles. The molecule has 0 radical (unpaired) electrons. The fraction of sp³-hybridized carbons (Fsp3) is 0.400. The minimum absolute atomic E-state index is 0.132. The number of sulfonamides is 1. The highest BCUT2D eigenvalue weighted by molar-refractivity contribution is 7.89. The predicted octanol–water partition coefficient (Wildman–Crippen LogP) is 0.922. The minimum atomic E-state index is -4.44. The van der Waals surface area contributed by atoms with Gasteiger partial charge in [0.1, 0.15) is 10.7 Å². The van der Waals surface area contributed by atoms with Crippen LogP contribution in [0.15, 0.2) is 17.0 Å². The van der Waals surface area contributed by atoms with Crippen molar-refractivity contribution in [1.29, 1.82) is 0 Å². The molecule has 0 saturated carbocycles. The molecule has 1 aromatic rings. The van der Waals surface area contributed by atoms with Crippen LogP contribution in [0, 0.1) is 21.7 Å². The largest absolute Gasteiger partial charge is 0.395 e. The van der Waals surface area contributed by atoms with E-state index in [1.165, 1.54) is 0 Å². The Bertz CT molecular complexity index is 616. The number of rotatable bonds is 6. The normalized spacial score (nSPS) is 13.2. The first-order chi connectivity index (χ1) is 9.22. The molecule has 0 fully saturated rings. The summed E-state index contributed by atoms with van der Waals surface area (Å²) in [7, 11) is -4.44. The van der Waals surface area contributed by atoms with Crippen molar-refractivity contribution < 1.29 is 27.2 Å². The molecule has 20 heavy (non-hydrogen) atoms. The first kappa shape index (κ1) is 16.4. The molecule has 10 heteroatoms. The third-order valence-corrected chi connectivity index (χ3v) is 4.06. The van der Waals surface area contributed by atoms with E-state index in [4.69, 9.17) is 5.11 Å². The highest BCUT2D eigenvalue weighted by Gasteiger charge is 2.27. The molecule has 7 nitrogen and oxygen atoms in total. The average molecular weight is 310 g/mol. The molecule has 112 valence electrons. The zero-order valence-electron chi connectivity index (χ0n) is 10.3. The van der Waals surface area contributed by atoms with Gasteiger partial charge in [-0.05, 0) is 6.42 Å². The summed E-state index contributed by atoms with van der Waals surface area (Å²) in [5.41, 5.74) is -1.15. The van der Waals surface area contributed by atoms with Crippen LogP contribution in [0.5, 0.6) is 0 Å². The third kappa shape index (κ3) is 3.46. The van der Waals surface area contributed by atoms with E-state index in [0.717, 1.165) is 0 Å². The van der Waals surface area contributed by atoms with E-state index in [-0.39, 0.29) is 12.5 Å². The molecule has 0 aromatic heterocycles. The maximum atomic E-state index is 13.5. The van der Waals surface area contributed by atoms with E-state index in [2.05, 4.69) is 0 Å². The molecule has 0 aliphatic carbocycles. The van der Waals surface area contributed by atoms with Crippen molar-refractivity contribution in [3.63, 3.8) is 0 Å². The van der Waals surface area contributed by atoms with Gasteiger partial charge in [0.25, 0.3) is 0 Å². The Morgan fingerprint density at radius 2 is 2.00 bits per heavy atom. The Balaban J connectivity index is 3.31. The lowest BCUT2D eigenvalue weighted by atomic mass is 10.3. The lowest BCUT2D eigenvalue weighted by Gasteiger charge is -2.14. The van der Waals surface area contributed by atoms with Crippen LogP contribution in [0.3, 0.4) is 0 Å². The summed E-state index contributed by atoms with van der Waals surface area (Å²) in [5, 5.41) is 19.4. The van der Waals surface area contributed by atoms with Gasteiger partial charge >= 0.3 is 5.69 Å². The van der Waals surface area contributed by atoms with Gasteiger partial charge in [0.05, 0.1) is 11.5 Å². The molecule has 0 unspecified atom stereocenters. The quantitative estimate of drug-likeness (QED) is 0.600. The molecule has 0 aliphatic rings. The summed E-state index contributed by atoms with van der Waals surface area (Å²) >= 11 is 0. The number of nitrogens with zero attached hydrogens (tertiary/aromatic N) is 1. The van der Waals surface area contributed by atoms with Crippen molar-refractivity contribution >= 4 is 15.7 Å². The second-order valence-electron chi connectivity index (χ2n) is 3.90. The molecule has 0 spiro atoms. The Kier molecular flexibility index (Phi) is 5.09. The molecular formula is C10H12F2N2O5S. The van der Waals surface area contributed by atoms with Crippen LogP contribution in [-0.4, -0.2) is 31.1 Å². The summed E-state index contributed by atoms with van der Waals surface area (Å²) in [6.45, 7) is 1.05. The van der Waals surface area contributed by atoms with Crippen LogP contribution >= 0.6 is 0 Å². The molecule has 1 atom stereocenters. The fourth-order valence-corrected chi connectivity index (χ4v) is 2.79. The Morgan fingerprint density at radius 1 is 1.40 bits per heavy atom. The van der Waals surface area contributed by atoms with Gasteiger partial charge in [0, 0.05) is 18.2 Å². The molecule has 0 saturated heterocycles. The topological polar surface area (TPSA) is 110 Å². The summed E-state index contributed by atoms with van der Waals surface area (Å²) in [6.07, 6.45) is 0.223. The SMILES string of the molecule is CC[C@H](CO)NS(=O)(=O)c1cc([N+](=O)[O-])c(F)cc1F. The minimum Gasteiger partial charge on any atom is -0.395 e. The summed E-state index contributed by atoms with van der Waals surface area (Å²) in [5.74, 6) is -2.92. The van der Waals surface area contributed by atoms with Crippen molar-refractivity contribution in [2.24, 2.45) is 0 Å². The van der Waals surface area contributed by atoms with Crippen molar-refractivity contribution in [2.45, 2.75) is 24.3 Å². The number of hydrogen-bond acceptors (Lipinski definition) is 5. The van der Waals surface area contributed by atoms with Crippen LogP contribution in [0.4, 0.5) is 14.5 Å². The van der Waals surface area contributed by atoms with Crippen LogP contribution in [0.1, 0.15) is 13.3 Å². The highest BCUT2D eigenvalue weighted by atomic mass is 32.2. The number of nitro groups is 1. The second kappa shape index (κ2) is 6.20. The summed E-state index contributed by atoms with van der Waals surface area (Å²) in [4.78, 5) is 8.34. The fourth-order valence-electron chi connectivity index (χ4n) is 1.40. The summed E-state index contributed by atoms with van der Waals surface area (Å²) < 4.78 is 52.3. The molecule has 0 amide bonds. The molecule has 1 rings (SSSR count). The lowest BCUT2D eigenvalue weighted by molar-refractivity contribution is -0.387. The lowest BCUT2D eigenvalue weighted by Crippen LogP contribution is -2.37. The summed E-state index contributed by atoms with van der Waals surface area (Å²) in [6, 6.07) is -0.438. The van der Waals surface area contributed by atoms with E-state index in [1.54, 1.807) is 6.92 Å². The number of hydrogen-bond donors (Lipinski definition) is 2. The third-order valence-electron chi connectivity index (χ3n) is 2.52. The van der Waals surface area contributed by atoms with E-state index in [0.29, 0.717) is 6.07 Å².